The first-order valence-electron chi connectivity index (χ1n) is 6.21. The maximum absolute atomic E-state index is 12.6. The minimum Gasteiger partial charge on any atom is -0.324 e. The van der Waals surface area contributed by atoms with E-state index in [1.807, 2.05) is 0 Å². The largest absolute Gasteiger partial charge is 0.416 e. The lowest BCUT2D eigenvalue weighted by Gasteiger charge is -2.09. The average Bonchev–Trinajstić information content (AvgIpc) is 2.47. The number of carbonyl (C=O) groups is 1. The highest BCUT2D eigenvalue weighted by molar-refractivity contribution is 8.00. The van der Waals surface area contributed by atoms with Crippen molar-refractivity contribution in [3.63, 3.8) is 0 Å². The Morgan fingerprint density at radius 3 is 2.55 bits per heavy atom. The zero-order chi connectivity index (χ0) is 16.2. The lowest BCUT2D eigenvalue weighted by molar-refractivity contribution is -0.137. The van der Waals surface area contributed by atoms with Gasteiger partial charge < -0.3 is 5.32 Å². The molecule has 0 aromatic heterocycles. The average molecular weight is 346 g/mol. The van der Waals surface area contributed by atoms with E-state index in [4.69, 9.17) is 11.6 Å². The molecule has 0 aliphatic rings. The van der Waals surface area contributed by atoms with E-state index in [9.17, 15) is 18.0 Å². The first-order valence-corrected chi connectivity index (χ1v) is 7.57. The zero-order valence-corrected chi connectivity index (χ0v) is 12.7. The molecule has 2 aromatic rings. The molecule has 0 fully saturated rings. The monoisotopic (exact) mass is 345 g/mol. The van der Waals surface area contributed by atoms with Crippen LogP contribution in [0.1, 0.15) is 5.56 Å². The third-order valence-corrected chi connectivity index (χ3v) is 4.00. The predicted molar refractivity (Wildman–Crippen MR) is 82.2 cm³/mol. The van der Waals surface area contributed by atoms with Gasteiger partial charge in [-0.25, -0.2) is 0 Å². The molecule has 22 heavy (non-hydrogen) atoms. The third-order valence-electron chi connectivity index (χ3n) is 2.68. The first kappa shape index (κ1) is 16.7. The van der Waals surface area contributed by atoms with Gasteiger partial charge in [-0.1, -0.05) is 29.8 Å². The Morgan fingerprint density at radius 2 is 1.86 bits per heavy atom. The van der Waals surface area contributed by atoms with E-state index in [2.05, 4.69) is 5.32 Å². The van der Waals surface area contributed by atoms with Gasteiger partial charge in [0.2, 0.25) is 5.91 Å². The minimum absolute atomic E-state index is 0.00741. The molecule has 0 unspecified atom stereocenters. The van der Waals surface area contributed by atoms with Gasteiger partial charge in [0.25, 0.3) is 0 Å². The highest BCUT2D eigenvalue weighted by Crippen LogP contribution is 2.32. The Morgan fingerprint density at radius 1 is 1.14 bits per heavy atom. The minimum atomic E-state index is -4.39. The molecule has 0 aliphatic heterocycles. The number of para-hydroxylation sites is 1. The second kappa shape index (κ2) is 7.07. The maximum Gasteiger partial charge on any atom is 0.416 e. The highest BCUT2D eigenvalue weighted by atomic mass is 35.5. The van der Waals surface area contributed by atoms with Crippen molar-refractivity contribution in [3.05, 3.63) is 59.1 Å². The number of anilines is 1. The molecule has 0 heterocycles. The van der Waals surface area contributed by atoms with Crippen molar-refractivity contribution >= 4 is 35.0 Å². The molecule has 2 aromatic carbocycles. The molecule has 0 bridgehead atoms. The van der Waals surface area contributed by atoms with Crippen LogP contribution in [0.4, 0.5) is 18.9 Å². The Kier molecular flexibility index (Phi) is 5.37. The van der Waals surface area contributed by atoms with Crippen molar-refractivity contribution < 1.29 is 18.0 Å². The van der Waals surface area contributed by atoms with Gasteiger partial charge in [0, 0.05) is 4.90 Å². The van der Waals surface area contributed by atoms with Crippen molar-refractivity contribution in [1.29, 1.82) is 0 Å². The van der Waals surface area contributed by atoms with Crippen LogP contribution in [-0.4, -0.2) is 11.7 Å². The highest BCUT2D eigenvalue weighted by Gasteiger charge is 2.30. The normalized spacial score (nSPS) is 11.3. The van der Waals surface area contributed by atoms with E-state index in [-0.39, 0.29) is 11.7 Å². The maximum atomic E-state index is 12.6. The molecule has 0 saturated carbocycles. The van der Waals surface area contributed by atoms with E-state index < -0.39 is 11.7 Å². The van der Waals surface area contributed by atoms with Gasteiger partial charge in [-0.15, -0.1) is 11.8 Å². The molecule has 2 nitrogen and oxygen atoms in total. The van der Waals surface area contributed by atoms with Gasteiger partial charge in [-0.2, -0.15) is 13.2 Å². The second-order valence-electron chi connectivity index (χ2n) is 4.34. The molecule has 2 rings (SSSR count). The summed E-state index contributed by atoms with van der Waals surface area (Å²) in [6, 6.07) is 11.6. The fraction of sp³-hybridized carbons (Fsp3) is 0.133. The summed E-state index contributed by atoms with van der Waals surface area (Å²) < 4.78 is 37.8. The Balaban J connectivity index is 1.96. The van der Waals surface area contributed by atoms with E-state index in [1.165, 1.54) is 12.1 Å². The number of hydrogen-bond donors (Lipinski definition) is 1. The molecular weight excluding hydrogens is 335 g/mol. The molecule has 0 aliphatic carbocycles. The van der Waals surface area contributed by atoms with Crippen molar-refractivity contribution in [1.82, 2.24) is 0 Å². The summed E-state index contributed by atoms with van der Waals surface area (Å²) >= 11 is 6.94. The van der Waals surface area contributed by atoms with Crippen LogP contribution >= 0.6 is 23.4 Å². The zero-order valence-electron chi connectivity index (χ0n) is 11.2. The number of halogens is 4. The summed E-state index contributed by atoms with van der Waals surface area (Å²) in [7, 11) is 0. The van der Waals surface area contributed by atoms with Crippen molar-refractivity contribution in [3.8, 4) is 0 Å². The number of rotatable bonds is 4. The number of hydrogen-bond acceptors (Lipinski definition) is 2. The van der Waals surface area contributed by atoms with Gasteiger partial charge in [0.1, 0.15) is 0 Å². The molecule has 0 radical (unpaired) electrons. The molecule has 0 spiro atoms. The summed E-state index contributed by atoms with van der Waals surface area (Å²) in [6.45, 7) is 0. The van der Waals surface area contributed by atoms with Crippen LogP contribution in [0.5, 0.6) is 0 Å². The SMILES string of the molecule is O=C(CSc1cccc(C(F)(F)F)c1)Nc1ccccc1Cl. The van der Waals surface area contributed by atoms with Crippen molar-refractivity contribution in [2.45, 2.75) is 11.1 Å². The molecule has 1 N–H and O–H groups in total. The number of nitrogens with one attached hydrogen (secondary N) is 1. The fourth-order valence-electron chi connectivity index (χ4n) is 1.66. The van der Waals surface area contributed by atoms with Gasteiger partial charge in [-0.05, 0) is 30.3 Å². The quantitative estimate of drug-likeness (QED) is 0.782. The fourth-order valence-corrected chi connectivity index (χ4v) is 2.60. The molecular formula is C15H11ClF3NOS. The van der Waals surface area contributed by atoms with E-state index in [0.717, 1.165) is 23.9 Å². The Labute approximate surface area is 134 Å². The molecule has 116 valence electrons. The summed E-state index contributed by atoms with van der Waals surface area (Å²) in [5.41, 5.74) is -0.261. The predicted octanol–water partition coefficient (Wildman–Crippen LogP) is 5.09. The molecule has 0 atom stereocenters. The lowest BCUT2D eigenvalue weighted by Crippen LogP contribution is -2.14. The molecule has 1 amide bonds. The Bertz CT molecular complexity index is 676. The Hall–Kier alpha value is -1.66. The number of alkyl halides is 3. The van der Waals surface area contributed by atoms with E-state index >= 15 is 0 Å². The van der Waals surface area contributed by atoms with Crippen LogP contribution in [-0.2, 0) is 11.0 Å². The second-order valence-corrected chi connectivity index (χ2v) is 5.80. The van der Waals surface area contributed by atoms with Crippen molar-refractivity contribution in [2.24, 2.45) is 0 Å². The number of benzene rings is 2. The molecule has 7 heteroatoms. The number of thioether (sulfide) groups is 1. The molecule has 0 saturated heterocycles. The first-order chi connectivity index (χ1) is 10.4. The van der Waals surface area contributed by atoms with E-state index in [1.54, 1.807) is 24.3 Å². The summed E-state index contributed by atoms with van der Waals surface area (Å²) in [4.78, 5) is 12.2. The van der Waals surface area contributed by atoms with Crippen LogP contribution in [0.3, 0.4) is 0 Å². The van der Waals surface area contributed by atoms with Crippen LogP contribution < -0.4 is 5.32 Å². The van der Waals surface area contributed by atoms with Crippen LogP contribution in [0.2, 0.25) is 5.02 Å². The van der Waals surface area contributed by atoms with Crippen LogP contribution in [0.15, 0.2) is 53.4 Å². The van der Waals surface area contributed by atoms with Crippen molar-refractivity contribution in [2.75, 3.05) is 11.1 Å². The summed E-state index contributed by atoms with van der Waals surface area (Å²) in [5.74, 6) is -0.345. The topological polar surface area (TPSA) is 29.1 Å². The standard InChI is InChI=1S/C15H11ClF3NOS/c16-12-6-1-2-7-13(12)20-14(21)9-22-11-5-3-4-10(8-11)15(17,18)19/h1-8H,9H2,(H,20,21). The van der Waals surface area contributed by atoms with Gasteiger partial charge >= 0.3 is 6.18 Å². The van der Waals surface area contributed by atoms with Crippen LogP contribution in [0, 0.1) is 0 Å². The van der Waals surface area contributed by atoms with E-state index in [0.29, 0.717) is 15.6 Å². The summed E-state index contributed by atoms with van der Waals surface area (Å²) in [5, 5.41) is 3.01. The third kappa shape index (κ3) is 4.68. The lowest BCUT2D eigenvalue weighted by atomic mass is 10.2. The number of amides is 1. The van der Waals surface area contributed by atoms with Gasteiger partial charge in [0.15, 0.2) is 0 Å². The van der Waals surface area contributed by atoms with Crippen LogP contribution in [0.25, 0.3) is 0 Å². The summed E-state index contributed by atoms with van der Waals surface area (Å²) in [6.07, 6.45) is -4.39. The van der Waals surface area contributed by atoms with Gasteiger partial charge in [-0.3, -0.25) is 4.79 Å². The van der Waals surface area contributed by atoms with Gasteiger partial charge in [0.05, 0.1) is 22.0 Å². The smallest absolute Gasteiger partial charge is 0.324 e. The number of carbonyl (C=O) groups excluding carboxylic acids is 1.